The van der Waals surface area contributed by atoms with Crippen LogP contribution in [0.3, 0.4) is 0 Å². The van der Waals surface area contributed by atoms with Crippen LogP contribution in [0.15, 0.2) is 12.7 Å². The number of rotatable bonds is 12. The molecule has 0 radical (unpaired) electrons. The van der Waals surface area contributed by atoms with Gasteiger partial charge in [0.15, 0.2) is 16.6 Å². The molecule has 0 aromatic carbocycles. The normalized spacial score (nSPS) is 15.1. The standard InChI is InChI=1S/C16H44O5Si6/c1-15-16-23(5,6)18-25(9,10)20-27(13,14)21-26(11,12)19-24(7,8)17-22(2,3)4/h15H,1,16H2,2-14H3. The van der Waals surface area contributed by atoms with Crippen molar-refractivity contribution in [3.63, 3.8) is 0 Å². The topological polar surface area (TPSA) is 46.2 Å². The Morgan fingerprint density at radius 1 is 0.519 bits per heavy atom. The Hall–Kier alpha value is 0.841. The maximum atomic E-state index is 6.54. The van der Waals surface area contributed by atoms with Gasteiger partial charge in [-0.1, -0.05) is 6.08 Å². The summed E-state index contributed by atoms with van der Waals surface area (Å²) in [5.41, 5.74) is 0. The molecule has 0 bridgehead atoms. The molecular formula is C16H44O5Si6. The van der Waals surface area contributed by atoms with Gasteiger partial charge in [-0.15, -0.1) is 6.58 Å². The van der Waals surface area contributed by atoms with Gasteiger partial charge >= 0.3 is 34.2 Å². The fourth-order valence-corrected chi connectivity index (χ4v) is 32.3. The molecule has 5 nitrogen and oxygen atoms in total. The van der Waals surface area contributed by atoms with Gasteiger partial charge in [-0.25, -0.2) is 0 Å². The highest BCUT2D eigenvalue weighted by Gasteiger charge is 2.46. The minimum Gasteiger partial charge on any atom is -0.437 e. The van der Waals surface area contributed by atoms with Crippen molar-refractivity contribution in [3.05, 3.63) is 12.7 Å². The monoisotopic (exact) mass is 484 g/mol. The van der Waals surface area contributed by atoms with Gasteiger partial charge in [-0.3, -0.25) is 0 Å². The van der Waals surface area contributed by atoms with Crippen molar-refractivity contribution < 1.29 is 20.6 Å². The van der Waals surface area contributed by atoms with Gasteiger partial charge in [0.2, 0.25) is 0 Å². The van der Waals surface area contributed by atoms with E-state index in [1.165, 1.54) is 0 Å². The van der Waals surface area contributed by atoms with Crippen LogP contribution in [-0.4, -0.2) is 50.9 Å². The lowest BCUT2D eigenvalue weighted by Crippen LogP contribution is -2.59. The largest absolute Gasteiger partial charge is 0.437 e. The Labute approximate surface area is 175 Å². The predicted molar refractivity (Wildman–Crippen MR) is 131 cm³/mol. The van der Waals surface area contributed by atoms with E-state index in [9.17, 15) is 0 Å². The van der Waals surface area contributed by atoms with E-state index in [1.54, 1.807) is 0 Å². The fraction of sp³-hybridized carbons (Fsp3) is 0.875. The zero-order chi connectivity index (χ0) is 21.9. The molecule has 0 heterocycles. The molecule has 0 amide bonds. The minimum atomic E-state index is -2.41. The third-order valence-electron chi connectivity index (χ3n) is 3.18. The smallest absolute Gasteiger partial charge is 0.314 e. The zero-order valence-electron chi connectivity index (χ0n) is 20.0. The molecule has 0 atom stereocenters. The van der Waals surface area contributed by atoms with Crippen LogP contribution in [0.5, 0.6) is 0 Å². The van der Waals surface area contributed by atoms with Crippen LogP contribution in [0, 0.1) is 0 Å². The van der Waals surface area contributed by atoms with Gasteiger partial charge in [0, 0.05) is 0 Å². The van der Waals surface area contributed by atoms with Crippen molar-refractivity contribution in [1.82, 2.24) is 0 Å². The molecule has 0 aromatic heterocycles. The third-order valence-corrected chi connectivity index (χ3v) is 24.8. The highest BCUT2D eigenvalue weighted by molar-refractivity contribution is 6.91. The Morgan fingerprint density at radius 2 is 0.815 bits per heavy atom. The molecule has 0 N–H and O–H groups in total. The third kappa shape index (κ3) is 13.6. The first kappa shape index (κ1) is 27.8. The summed E-state index contributed by atoms with van der Waals surface area (Å²) in [6.07, 6.45) is 1.95. The van der Waals surface area contributed by atoms with Crippen molar-refractivity contribution in [1.29, 1.82) is 0 Å². The average Bonchev–Trinajstić information content (AvgIpc) is 2.15. The quantitative estimate of drug-likeness (QED) is 0.247. The average molecular weight is 485 g/mol. The number of hydrogen-bond acceptors (Lipinski definition) is 5. The van der Waals surface area contributed by atoms with Crippen LogP contribution in [-0.2, 0) is 20.6 Å². The fourth-order valence-electron chi connectivity index (χ4n) is 3.65. The van der Waals surface area contributed by atoms with Crippen molar-refractivity contribution in [2.24, 2.45) is 0 Å². The first-order valence-corrected chi connectivity index (χ1v) is 27.5. The Kier molecular flexibility index (Phi) is 9.62. The first-order valence-electron chi connectivity index (χ1n) is 9.71. The highest BCUT2D eigenvalue weighted by Crippen LogP contribution is 2.28. The summed E-state index contributed by atoms with van der Waals surface area (Å²) in [5, 5.41) is 0. The van der Waals surface area contributed by atoms with Crippen LogP contribution >= 0.6 is 0 Å². The lowest BCUT2D eigenvalue weighted by Gasteiger charge is -2.42. The van der Waals surface area contributed by atoms with E-state index in [2.05, 4.69) is 91.7 Å². The van der Waals surface area contributed by atoms with Crippen molar-refractivity contribution in [2.45, 2.75) is 91.2 Å². The van der Waals surface area contributed by atoms with Gasteiger partial charge in [0.1, 0.15) is 0 Å². The van der Waals surface area contributed by atoms with Gasteiger partial charge < -0.3 is 20.6 Å². The second-order valence-corrected chi connectivity index (χ2v) is 33.9. The van der Waals surface area contributed by atoms with Crippen molar-refractivity contribution >= 4 is 50.9 Å². The van der Waals surface area contributed by atoms with Crippen LogP contribution in [0.25, 0.3) is 0 Å². The summed E-state index contributed by atoms with van der Waals surface area (Å²) in [6.45, 7) is 31.7. The first-order chi connectivity index (χ1) is 11.6. The maximum Gasteiger partial charge on any atom is 0.314 e. The van der Waals surface area contributed by atoms with Gasteiger partial charge in [-0.05, 0) is 91.2 Å². The molecular weight excluding hydrogens is 441 g/mol. The molecule has 0 aromatic rings. The van der Waals surface area contributed by atoms with E-state index in [0.29, 0.717) is 0 Å². The van der Waals surface area contributed by atoms with Crippen molar-refractivity contribution in [3.8, 4) is 0 Å². The minimum absolute atomic E-state index is 0.923. The van der Waals surface area contributed by atoms with Gasteiger partial charge in [0.05, 0.1) is 0 Å². The second kappa shape index (κ2) is 9.33. The molecule has 0 saturated heterocycles. The Balaban J connectivity index is 5.08. The molecule has 0 rings (SSSR count). The summed E-state index contributed by atoms with van der Waals surface area (Å²) < 4.78 is 32.4. The van der Waals surface area contributed by atoms with E-state index in [4.69, 9.17) is 20.6 Å². The summed E-state index contributed by atoms with van der Waals surface area (Å²) in [7, 11) is -12.8. The maximum absolute atomic E-state index is 6.54. The molecule has 0 spiro atoms. The molecule has 162 valence electrons. The Morgan fingerprint density at radius 3 is 1.11 bits per heavy atom. The molecule has 0 aliphatic rings. The second-order valence-electron chi connectivity index (χ2n) is 10.5. The molecule has 0 fully saturated rings. The molecule has 11 heteroatoms. The molecule has 0 unspecified atom stereocenters. The van der Waals surface area contributed by atoms with E-state index >= 15 is 0 Å². The summed E-state index contributed by atoms with van der Waals surface area (Å²) >= 11 is 0. The van der Waals surface area contributed by atoms with Crippen LogP contribution in [0.4, 0.5) is 0 Å². The van der Waals surface area contributed by atoms with Crippen LogP contribution in [0.1, 0.15) is 0 Å². The van der Waals surface area contributed by atoms with Crippen LogP contribution < -0.4 is 0 Å². The van der Waals surface area contributed by atoms with E-state index in [1.807, 2.05) is 6.08 Å². The molecule has 0 aliphatic heterocycles. The Bertz CT molecular complexity index is 500. The van der Waals surface area contributed by atoms with E-state index in [0.717, 1.165) is 6.04 Å². The summed E-state index contributed by atoms with van der Waals surface area (Å²) in [5.74, 6) is 0. The summed E-state index contributed by atoms with van der Waals surface area (Å²) in [4.78, 5) is 0. The SMILES string of the molecule is C=CC[Si](C)(C)O[Si](C)(C)O[Si](C)(C)O[Si](C)(C)O[Si](C)(C)O[Si](C)(C)C. The van der Waals surface area contributed by atoms with Gasteiger partial charge in [-0.2, -0.15) is 0 Å². The van der Waals surface area contributed by atoms with Gasteiger partial charge in [0.25, 0.3) is 0 Å². The highest BCUT2D eigenvalue weighted by atomic mass is 28.5. The molecule has 0 aliphatic carbocycles. The molecule has 27 heavy (non-hydrogen) atoms. The molecule has 0 saturated carbocycles. The van der Waals surface area contributed by atoms with E-state index < -0.39 is 50.9 Å². The summed E-state index contributed by atoms with van der Waals surface area (Å²) in [6, 6.07) is 0.923. The zero-order valence-corrected chi connectivity index (χ0v) is 26.0. The van der Waals surface area contributed by atoms with E-state index in [-0.39, 0.29) is 0 Å². The van der Waals surface area contributed by atoms with Crippen LogP contribution in [0.2, 0.25) is 91.2 Å². The van der Waals surface area contributed by atoms with Crippen molar-refractivity contribution in [2.75, 3.05) is 0 Å². The lowest BCUT2D eigenvalue weighted by atomic mass is 10.8. The number of hydrogen-bond donors (Lipinski definition) is 0. The predicted octanol–water partition coefficient (Wildman–Crippen LogP) is 6.10. The lowest BCUT2D eigenvalue weighted by molar-refractivity contribution is 0.282. The number of allylic oxidation sites excluding steroid dienone is 1.